The van der Waals surface area contributed by atoms with E-state index >= 15 is 0 Å². The second-order valence-electron chi connectivity index (χ2n) is 8.18. The van der Waals surface area contributed by atoms with Crippen molar-refractivity contribution < 1.29 is 14.3 Å². The Kier molecular flexibility index (Phi) is 8.50. The Labute approximate surface area is 174 Å². The molecule has 2 amide bonds. The van der Waals surface area contributed by atoms with Crippen molar-refractivity contribution in [2.75, 3.05) is 46.4 Å². The van der Waals surface area contributed by atoms with Gasteiger partial charge in [0.2, 0.25) is 11.8 Å². The molecule has 0 unspecified atom stereocenters. The molecule has 1 N–H and O–H groups in total. The van der Waals surface area contributed by atoms with Crippen LogP contribution in [0.2, 0.25) is 0 Å². The zero-order valence-electron chi connectivity index (χ0n) is 17.6. The first-order valence-corrected chi connectivity index (χ1v) is 11.0. The lowest BCUT2D eigenvalue weighted by Gasteiger charge is -2.40. The van der Waals surface area contributed by atoms with Crippen molar-refractivity contribution >= 4 is 11.8 Å². The summed E-state index contributed by atoms with van der Waals surface area (Å²) in [5.74, 6) is 0.770. The summed E-state index contributed by atoms with van der Waals surface area (Å²) < 4.78 is 5.07. The third-order valence-electron chi connectivity index (χ3n) is 6.25. The number of methoxy groups -OCH3 is 1. The van der Waals surface area contributed by atoms with E-state index in [0.29, 0.717) is 38.6 Å². The van der Waals surface area contributed by atoms with Crippen LogP contribution in [0.3, 0.4) is 0 Å². The maximum Gasteiger partial charge on any atom is 0.237 e. The Morgan fingerprint density at radius 3 is 2.45 bits per heavy atom. The van der Waals surface area contributed by atoms with Gasteiger partial charge in [0.15, 0.2) is 0 Å². The fraction of sp³-hybridized carbons (Fsp3) is 0.652. The number of carbonyl (C=O) groups is 2. The lowest BCUT2D eigenvalue weighted by molar-refractivity contribution is -0.135. The Bertz CT molecular complexity index is 638. The first kappa shape index (κ1) is 21.8. The van der Waals surface area contributed by atoms with E-state index in [9.17, 15) is 9.59 Å². The Morgan fingerprint density at radius 1 is 1.10 bits per heavy atom. The average Bonchev–Trinajstić information content (AvgIpc) is 3.28. The molecule has 2 aliphatic rings. The van der Waals surface area contributed by atoms with Crippen LogP contribution in [0.5, 0.6) is 0 Å². The molecule has 0 spiro atoms. The number of nitrogens with one attached hydrogen (secondary N) is 1. The van der Waals surface area contributed by atoms with E-state index in [1.54, 1.807) is 7.11 Å². The van der Waals surface area contributed by atoms with E-state index in [-0.39, 0.29) is 17.9 Å². The molecule has 160 valence electrons. The van der Waals surface area contributed by atoms with Gasteiger partial charge in [-0.2, -0.15) is 0 Å². The predicted octanol–water partition coefficient (Wildman–Crippen LogP) is 2.08. The molecule has 3 rings (SSSR count). The van der Waals surface area contributed by atoms with Gasteiger partial charge in [-0.05, 0) is 30.7 Å². The Morgan fingerprint density at radius 2 is 1.79 bits per heavy atom. The van der Waals surface area contributed by atoms with Gasteiger partial charge in [0.25, 0.3) is 0 Å². The molecule has 1 aliphatic heterocycles. The fourth-order valence-electron chi connectivity index (χ4n) is 4.64. The largest absolute Gasteiger partial charge is 0.383 e. The molecule has 1 aromatic carbocycles. The quantitative estimate of drug-likeness (QED) is 0.644. The molecular formula is C23H35N3O3. The highest BCUT2D eigenvalue weighted by molar-refractivity contribution is 5.82. The maximum atomic E-state index is 12.9. The van der Waals surface area contributed by atoms with Crippen LogP contribution < -0.4 is 5.32 Å². The highest BCUT2D eigenvalue weighted by Gasteiger charge is 2.37. The summed E-state index contributed by atoms with van der Waals surface area (Å²) in [7, 11) is 1.65. The van der Waals surface area contributed by atoms with Crippen molar-refractivity contribution in [3.8, 4) is 0 Å². The SMILES string of the molecule is COCCNC(=O)[C@H](C1CCCC1)N1CCN(C(=O)CCc2ccccc2)CC1. The van der Waals surface area contributed by atoms with Crippen molar-refractivity contribution in [3.63, 3.8) is 0 Å². The molecule has 1 aliphatic carbocycles. The number of nitrogens with zero attached hydrogens (tertiary/aromatic N) is 2. The summed E-state index contributed by atoms with van der Waals surface area (Å²) in [6.45, 7) is 4.06. The minimum Gasteiger partial charge on any atom is -0.383 e. The summed E-state index contributed by atoms with van der Waals surface area (Å²) in [6, 6.07) is 10.1. The van der Waals surface area contributed by atoms with E-state index in [0.717, 1.165) is 32.4 Å². The van der Waals surface area contributed by atoms with Crippen molar-refractivity contribution in [2.45, 2.75) is 44.6 Å². The molecule has 6 nitrogen and oxygen atoms in total. The van der Waals surface area contributed by atoms with E-state index in [1.165, 1.54) is 18.4 Å². The standard InChI is InChI=1S/C23H35N3O3/c1-29-18-13-24-23(28)22(20-9-5-6-10-20)26-16-14-25(15-17-26)21(27)12-11-19-7-3-2-4-8-19/h2-4,7-8,20,22H,5-6,9-18H2,1H3,(H,24,28)/t22-/m0/s1. The summed E-state index contributed by atoms with van der Waals surface area (Å²) in [5, 5.41) is 3.04. The summed E-state index contributed by atoms with van der Waals surface area (Å²) in [5.41, 5.74) is 1.20. The number of hydrogen-bond donors (Lipinski definition) is 1. The maximum absolute atomic E-state index is 12.9. The van der Waals surface area contributed by atoms with Crippen LogP contribution >= 0.6 is 0 Å². The molecule has 1 heterocycles. The number of piperazine rings is 1. The van der Waals surface area contributed by atoms with Crippen molar-refractivity contribution in [1.29, 1.82) is 0 Å². The van der Waals surface area contributed by atoms with Gasteiger partial charge in [0, 0.05) is 46.3 Å². The lowest BCUT2D eigenvalue weighted by Crippen LogP contribution is -2.58. The summed E-state index contributed by atoms with van der Waals surface area (Å²) >= 11 is 0. The number of hydrogen-bond acceptors (Lipinski definition) is 4. The zero-order chi connectivity index (χ0) is 20.5. The Hall–Kier alpha value is -1.92. The topological polar surface area (TPSA) is 61.9 Å². The first-order valence-electron chi connectivity index (χ1n) is 11.0. The van der Waals surface area contributed by atoms with Gasteiger partial charge in [-0.1, -0.05) is 43.2 Å². The average molecular weight is 402 g/mol. The van der Waals surface area contributed by atoms with Crippen molar-refractivity contribution in [1.82, 2.24) is 15.1 Å². The number of rotatable bonds is 9. The van der Waals surface area contributed by atoms with E-state index in [1.807, 2.05) is 23.1 Å². The second kappa shape index (κ2) is 11.3. The monoisotopic (exact) mass is 401 g/mol. The van der Waals surface area contributed by atoms with Gasteiger partial charge in [-0.3, -0.25) is 14.5 Å². The summed E-state index contributed by atoms with van der Waals surface area (Å²) in [6.07, 6.45) is 6.01. The van der Waals surface area contributed by atoms with Crippen LogP contribution in [-0.4, -0.2) is 74.1 Å². The van der Waals surface area contributed by atoms with Gasteiger partial charge in [-0.25, -0.2) is 0 Å². The number of aryl methyl sites for hydroxylation is 1. The highest BCUT2D eigenvalue weighted by Crippen LogP contribution is 2.31. The van der Waals surface area contributed by atoms with Gasteiger partial charge in [0.1, 0.15) is 0 Å². The van der Waals surface area contributed by atoms with Crippen LogP contribution in [0.25, 0.3) is 0 Å². The normalized spacial score (nSPS) is 19.3. The molecule has 1 saturated carbocycles. The number of amides is 2. The molecule has 0 aromatic heterocycles. The Balaban J connectivity index is 1.50. The predicted molar refractivity (Wildman–Crippen MR) is 114 cm³/mol. The van der Waals surface area contributed by atoms with Crippen LogP contribution in [0.15, 0.2) is 30.3 Å². The van der Waals surface area contributed by atoms with Crippen LogP contribution in [0.1, 0.15) is 37.7 Å². The minimum atomic E-state index is -0.0732. The molecular weight excluding hydrogens is 366 g/mol. The van der Waals surface area contributed by atoms with E-state index < -0.39 is 0 Å². The van der Waals surface area contributed by atoms with Gasteiger partial charge >= 0.3 is 0 Å². The van der Waals surface area contributed by atoms with E-state index in [4.69, 9.17) is 4.74 Å². The van der Waals surface area contributed by atoms with Crippen LogP contribution in [0.4, 0.5) is 0 Å². The molecule has 1 atom stereocenters. The smallest absolute Gasteiger partial charge is 0.237 e. The van der Waals surface area contributed by atoms with Crippen molar-refractivity contribution in [2.24, 2.45) is 5.92 Å². The van der Waals surface area contributed by atoms with Gasteiger partial charge < -0.3 is 15.0 Å². The third kappa shape index (κ3) is 6.28. The second-order valence-corrected chi connectivity index (χ2v) is 8.18. The zero-order valence-corrected chi connectivity index (χ0v) is 17.6. The molecule has 2 fully saturated rings. The summed E-state index contributed by atoms with van der Waals surface area (Å²) in [4.78, 5) is 29.8. The highest BCUT2D eigenvalue weighted by atomic mass is 16.5. The molecule has 0 radical (unpaired) electrons. The number of benzene rings is 1. The number of ether oxygens (including phenoxy) is 1. The van der Waals surface area contributed by atoms with Crippen molar-refractivity contribution in [3.05, 3.63) is 35.9 Å². The van der Waals surface area contributed by atoms with Crippen LogP contribution in [-0.2, 0) is 20.7 Å². The van der Waals surface area contributed by atoms with E-state index in [2.05, 4.69) is 22.3 Å². The number of carbonyl (C=O) groups excluding carboxylic acids is 2. The van der Waals surface area contributed by atoms with Gasteiger partial charge in [0.05, 0.1) is 12.6 Å². The minimum absolute atomic E-state index is 0.0732. The molecule has 0 bridgehead atoms. The molecule has 6 heteroatoms. The lowest BCUT2D eigenvalue weighted by atomic mass is 9.95. The molecule has 1 aromatic rings. The fourth-order valence-corrected chi connectivity index (χ4v) is 4.64. The molecule has 1 saturated heterocycles. The molecule has 29 heavy (non-hydrogen) atoms. The first-order chi connectivity index (χ1) is 14.2. The third-order valence-corrected chi connectivity index (χ3v) is 6.25. The van der Waals surface area contributed by atoms with Gasteiger partial charge in [-0.15, -0.1) is 0 Å². The van der Waals surface area contributed by atoms with Crippen LogP contribution in [0, 0.1) is 5.92 Å².